The number of ether oxygens (including phenoxy) is 2. The molecular weight excluding hydrogens is 755 g/mol. The summed E-state index contributed by atoms with van der Waals surface area (Å²) >= 11 is 11.9. The lowest BCUT2D eigenvalue weighted by molar-refractivity contribution is -0.149. The third-order valence-corrected chi connectivity index (χ3v) is 12.8. The molecule has 1 saturated heterocycles. The molecule has 1 N–H and O–H groups in total. The molecule has 4 rings (SSSR count). The second-order valence-electron chi connectivity index (χ2n) is 14.9. The van der Waals surface area contributed by atoms with Crippen LogP contribution in [0.4, 0.5) is 0 Å². The van der Waals surface area contributed by atoms with Crippen LogP contribution in [-0.4, -0.2) is 88.6 Å². The summed E-state index contributed by atoms with van der Waals surface area (Å²) in [5.74, 6) is -0.695. The van der Waals surface area contributed by atoms with Crippen LogP contribution in [0.5, 0.6) is 0 Å². The SMILES string of the molecule is CCO.CCOC(=O)C1=CCC(Cc2ccc(Cl)cc2)N(S(=O)C(C)(C)C)C1.CCOC(=O)C1CCC(Cc2ccc(Cl)cc2)N(S(=O)C(C)(C)C)C1. The lowest BCUT2D eigenvalue weighted by atomic mass is 9.91. The van der Waals surface area contributed by atoms with Crippen molar-refractivity contribution in [2.24, 2.45) is 5.92 Å². The van der Waals surface area contributed by atoms with E-state index in [4.69, 9.17) is 37.8 Å². The van der Waals surface area contributed by atoms with Crippen LogP contribution >= 0.6 is 23.2 Å². The zero-order chi connectivity index (χ0) is 39.9. The van der Waals surface area contributed by atoms with E-state index in [1.54, 1.807) is 13.8 Å². The fourth-order valence-corrected chi connectivity index (χ4v) is 8.96. The topological polar surface area (TPSA) is 113 Å². The van der Waals surface area contributed by atoms with Crippen LogP contribution in [-0.2, 0) is 53.9 Å². The molecule has 0 radical (unpaired) electrons. The molecule has 0 spiro atoms. The van der Waals surface area contributed by atoms with E-state index in [1.165, 1.54) is 5.56 Å². The van der Waals surface area contributed by atoms with Gasteiger partial charge in [0.05, 0.1) is 39.6 Å². The zero-order valence-corrected chi connectivity index (χ0v) is 36.0. The number of esters is 2. The number of carbonyl (C=O) groups excluding carboxylic acids is 2. The number of aliphatic hydroxyl groups excluding tert-OH is 1. The van der Waals surface area contributed by atoms with Gasteiger partial charge in [-0.1, -0.05) is 53.5 Å². The van der Waals surface area contributed by atoms with Gasteiger partial charge in [-0.05, 0) is 130 Å². The number of piperidine rings is 1. The van der Waals surface area contributed by atoms with E-state index in [-0.39, 0.29) is 41.3 Å². The van der Waals surface area contributed by atoms with Gasteiger partial charge in [-0.25, -0.2) is 21.8 Å². The first-order chi connectivity index (χ1) is 24.9. The predicted molar refractivity (Wildman–Crippen MR) is 219 cm³/mol. The maximum Gasteiger partial charge on any atom is 0.335 e. The van der Waals surface area contributed by atoms with Crippen molar-refractivity contribution in [1.29, 1.82) is 0 Å². The normalized spacial score (nSPS) is 20.8. The summed E-state index contributed by atoms with van der Waals surface area (Å²) < 4.78 is 39.6. The molecule has 0 amide bonds. The van der Waals surface area contributed by atoms with Gasteiger partial charge in [0.25, 0.3) is 0 Å². The van der Waals surface area contributed by atoms with Gasteiger partial charge in [0.15, 0.2) is 0 Å². The van der Waals surface area contributed by atoms with Gasteiger partial charge >= 0.3 is 11.9 Å². The molecule has 5 unspecified atom stereocenters. The second-order valence-corrected chi connectivity index (χ2v) is 20.2. The molecule has 0 aromatic heterocycles. The molecule has 2 aromatic rings. The molecule has 298 valence electrons. The van der Waals surface area contributed by atoms with Crippen molar-refractivity contribution in [2.45, 2.75) is 116 Å². The molecule has 1 fully saturated rings. The Kier molecular flexibility index (Phi) is 19.9. The number of benzene rings is 2. The number of carbonyl (C=O) groups is 2. The van der Waals surface area contributed by atoms with Crippen LogP contribution in [0.25, 0.3) is 0 Å². The van der Waals surface area contributed by atoms with E-state index >= 15 is 0 Å². The highest BCUT2D eigenvalue weighted by molar-refractivity contribution is 7.84. The fourth-order valence-electron chi connectivity index (χ4n) is 5.85. The molecule has 2 aromatic carbocycles. The average molecular weight is 816 g/mol. The Morgan fingerprint density at radius 3 is 1.66 bits per heavy atom. The number of aliphatic hydroxyl groups is 1. The molecule has 2 aliphatic rings. The summed E-state index contributed by atoms with van der Waals surface area (Å²) in [7, 11) is -2.39. The van der Waals surface area contributed by atoms with Crippen molar-refractivity contribution >= 4 is 57.1 Å². The molecule has 13 heteroatoms. The van der Waals surface area contributed by atoms with Crippen molar-refractivity contribution in [3.63, 3.8) is 0 Å². The lowest BCUT2D eigenvalue weighted by Crippen LogP contribution is -2.51. The summed E-state index contributed by atoms with van der Waals surface area (Å²) in [5, 5.41) is 8.98. The van der Waals surface area contributed by atoms with Gasteiger partial charge in [0, 0.05) is 47.4 Å². The highest BCUT2D eigenvalue weighted by Gasteiger charge is 2.39. The fraction of sp³-hybridized carbons (Fsp3) is 0.600. The number of nitrogens with zero attached hydrogens (tertiary/aromatic N) is 2. The van der Waals surface area contributed by atoms with Crippen molar-refractivity contribution < 1.29 is 32.6 Å². The van der Waals surface area contributed by atoms with Crippen LogP contribution in [0.1, 0.15) is 92.7 Å². The largest absolute Gasteiger partial charge is 0.466 e. The summed E-state index contributed by atoms with van der Waals surface area (Å²) in [4.78, 5) is 24.2. The summed E-state index contributed by atoms with van der Waals surface area (Å²) in [6.07, 6.45) is 5.75. The van der Waals surface area contributed by atoms with Gasteiger partial charge in [-0.2, -0.15) is 0 Å². The third-order valence-electron chi connectivity index (χ3n) is 8.43. The number of rotatable bonds is 10. The molecule has 2 aliphatic heterocycles. The Balaban J connectivity index is 0.000000341. The minimum Gasteiger partial charge on any atom is -0.466 e. The maximum absolute atomic E-state index is 13.1. The Morgan fingerprint density at radius 1 is 0.755 bits per heavy atom. The van der Waals surface area contributed by atoms with Gasteiger partial charge in [0.2, 0.25) is 0 Å². The third kappa shape index (κ3) is 15.5. The molecule has 0 aliphatic carbocycles. The second kappa shape index (κ2) is 22.4. The Bertz CT molecular complexity index is 1520. The van der Waals surface area contributed by atoms with E-state index in [2.05, 4.69) is 0 Å². The Morgan fingerprint density at radius 2 is 1.21 bits per heavy atom. The van der Waals surface area contributed by atoms with E-state index < -0.39 is 26.7 Å². The minimum atomic E-state index is -1.21. The summed E-state index contributed by atoms with van der Waals surface area (Å²) in [6, 6.07) is 15.7. The van der Waals surface area contributed by atoms with E-state index in [0.29, 0.717) is 48.3 Å². The number of hydrogen-bond donors (Lipinski definition) is 1. The first-order valence-corrected chi connectivity index (χ1v) is 21.3. The van der Waals surface area contributed by atoms with E-state index in [1.807, 2.05) is 112 Å². The number of hydrogen-bond acceptors (Lipinski definition) is 7. The summed E-state index contributed by atoms with van der Waals surface area (Å²) in [5.41, 5.74) is 2.89. The van der Waals surface area contributed by atoms with Gasteiger partial charge < -0.3 is 14.6 Å². The molecule has 5 atom stereocenters. The van der Waals surface area contributed by atoms with Gasteiger partial charge in [0.1, 0.15) is 11.0 Å². The molecule has 53 heavy (non-hydrogen) atoms. The molecule has 2 heterocycles. The smallest absolute Gasteiger partial charge is 0.335 e. The quantitative estimate of drug-likeness (QED) is 0.243. The van der Waals surface area contributed by atoms with Crippen molar-refractivity contribution in [3.8, 4) is 0 Å². The lowest BCUT2D eigenvalue weighted by Gasteiger charge is -2.40. The van der Waals surface area contributed by atoms with Crippen LogP contribution in [0.3, 0.4) is 0 Å². The highest BCUT2D eigenvalue weighted by atomic mass is 35.5. The molecular formula is C40H60Cl2N2O7S2. The van der Waals surface area contributed by atoms with Crippen LogP contribution < -0.4 is 0 Å². The van der Waals surface area contributed by atoms with Crippen LogP contribution in [0.2, 0.25) is 10.0 Å². The van der Waals surface area contributed by atoms with E-state index in [0.717, 1.165) is 31.2 Å². The van der Waals surface area contributed by atoms with Gasteiger partial charge in [-0.15, -0.1) is 0 Å². The minimum absolute atomic E-state index is 0.0689. The molecule has 0 bridgehead atoms. The van der Waals surface area contributed by atoms with Crippen LogP contribution in [0, 0.1) is 5.92 Å². The van der Waals surface area contributed by atoms with Crippen molar-refractivity contribution in [2.75, 3.05) is 32.9 Å². The first-order valence-electron chi connectivity index (χ1n) is 18.4. The first kappa shape index (κ1) is 47.0. The monoisotopic (exact) mass is 814 g/mol. The zero-order valence-electron chi connectivity index (χ0n) is 32.9. The Hall–Kier alpha value is -2.12. The van der Waals surface area contributed by atoms with Gasteiger partial charge in [-0.3, -0.25) is 4.79 Å². The van der Waals surface area contributed by atoms with Crippen LogP contribution in [0.15, 0.2) is 60.2 Å². The standard InChI is InChI=1S/C19H28ClNO3S.C19H26ClNO3S.C2H6O/c2*1-5-24-18(22)15-8-11-17(12-14-6-9-16(20)10-7-14)21(13-15)25(23)19(2,3)4;1-2-3/h6-7,9-10,15,17H,5,8,11-13H2,1-4H3;6-10,17H,5,11-13H2,1-4H3;3H,2H2,1H3. The van der Waals surface area contributed by atoms with E-state index in [9.17, 15) is 18.0 Å². The highest BCUT2D eigenvalue weighted by Crippen LogP contribution is 2.31. The maximum atomic E-state index is 13.1. The average Bonchev–Trinajstić information content (AvgIpc) is 3.10. The molecule has 0 saturated carbocycles. The summed E-state index contributed by atoms with van der Waals surface area (Å²) in [6.45, 7) is 18.8. The van der Waals surface area contributed by atoms with Crippen molar-refractivity contribution in [1.82, 2.24) is 8.61 Å². The number of halogens is 2. The molecule has 9 nitrogen and oxygen atoms in total. The predicted octanol–water partition coefficient (Wildman–Crippen LogP) is 7.90. The Labute approximate surface area is 333 Å². The van der Waals surface area contributed by atoms with Crippen molar-refractivity contribution in [3.05, 3.63) is 81.4 Å².